The number of methoxy groups -OCH3 is 1. The number of benzene rings is 1. The van der Waals surface area contributed by atoms with Crippen molar-refractivity contribution >= 4 is 11.9 Å². The smallest absolute Gasteiger partial charge is 0.326 e. The Morgan fingerprint density at radius 1 is 1.42 bits per heavy atom. The van der Waals surface area contributed by atoms with Gasteiger partial charge >= 0.3 is 5.97 Å². The highest BCUT2D eigenvalue weighted by Crippen LogP contribution is 2.23. The number of nitrogens with zero attached hydrogens (tertiary/aromatic N) is 1. The molecule has 0 saturated carbocycles. The fourth-order valence-corrected chi connectivity index (χ4v) is 2.38. The molecule has 1 unspecified atom stereocenters. The zero-order chi connectivity index (χ0) is 13.8. The number of carboxylic acid groups (broad SMARTS) is 1. The predicted molar refractivity (Wildman–Crippen MR) is 68.4 cm³/mol. The average Bonchev–Trinajstić information content (AvgIpc) is 2.74. The standard InChI is InChI=1S/C14H17NO4/c1-19-9-11-5-3-2-4-10(11)8-15-12(14(17)18)6-7-13(15)16/h2-5,12H,6-9H2,1H3,(H,17,18). The van der Waals surface area contributed by atoms with Crippen molar-refractivity contribution in [2.45, 2.75) is 32.0 Å². The minimum absolute atomic E-state index is 0.0976. The lowest BCUT2D eigenvalue weighted by atomic mass is 10.1. The third-order valence-corrected chi connectivity index (χ3v) is 3.37. The quantitative estimate of drug-likeness (QED) is 0.872. The lowest BCUT2D eigenvalue weighted by molar-refractivity contribution is -0.146. The molecule has 0 bridgehead atoms. The first-order chi connectivity index (χ1) is 9.13. The Kier molecular flexibility index (Phi) is 4.16. The summed E-state index contributed by atoms with van der Waals surface area (Å²) >= 11 is 0. The van der Waals surface area contributed by atoms with E-state index in [1.807, 2.05) is 24.3 Å². The maximum Gasteiger partial charge on any atom is 0.326 e. The van der Waals surface area contributed by atoms with Gasteiger partial charge in [0.2, 0.25) is 5.91 Å². The highest BCUT2D eigenvalue weighted by Gasteiger charge is 2.36. The number of rotatable bonds is 5. The average molecular weight is 263 g/mol. The van der Waals surface area contributed by atoms with Gasteiger partial charge in [-0.3, -0.25) is 4.79 Å². The van der Waals surface area contributed by atoms with Crippen LogP contribution in [0.15, 0.2) is 24.3 Å². The molecule has 1 N–H and O–H groups in total. The van der Waals surface area contributed by atoms with Crippen LogP contribution in [-0.2, 0) is 27.5 Å². The van der Waals surface area contributed by atoms with Crippen LogP contribution in [0.2, 0.25) is 0 Å². The number of carbonyl (C=O) groups is 2. The molecule has 1 aromatic carbocycles. The Morgan fingerprint density at radius 2 is 2.11 bits per heavy atom. The summed E-state index contributed by atoms with van der Waals surface area (Å²) in [6.07, 6.45) is 0.698. The third-order valence-electron chi connectivity index (χ3n) is 3.37. The highest BCUT2D eigenvalue weighted by molar-refractivity contribution is 5.87. The number of carboxylic acids is 1. The summed E-state index contributed by atoms with van der Waals surface area (Å²) in [6.45, 7) is 0.783. The summed E-state index contributed by atoms with van der Waals surface area (Å²) in [5.74, 6) is -1.03. The molecule has 5 heteroatoms. The van der Waals surface area contributed by atoms with Crippen molar-refractivity contribution < 1.29 is 19.4 Å². The van der Waals surface area contributed by atoms with E-state index in [9.17, 15) is 9.59 Å². The molecule has 1 amide bonds. The highest BCUT2D eigenvalue weighted by atomic mass is 16.5. The van der Waals surface area contributed by atoms with E-state index in [2.05, 4.69) is 0 Å². The molecule has 5 nitrogen and oxygen atoms in total. The van der Waals surface area contributed by atoms with Crippen LogP contribution < -0.4 is 0 Å². The Morgan fingerprint density at radius 3 is 2.74 bits per heavy atom. The summed E-state index contributed by atoms with van der Waals surface area (Å²) < 4.78 is 5.11. The van der Waals surface area contributed by atoms with Gasteiger partial charge in [-0.1, -0.05) is 24.3 Å². The fraction of sp³-hybridized carbons (Fsp3) is 0.429. The summed E-state index contributed by atoms with van der Waals surface area (Å²) in [4.78, 5) is 24.4. The molecule has 0 spiro atoms. The van der Waals surface area contributed by atoms with Crippen LogP contribution in [0.1, 0.15) is 24.0 Å². The van der Waals surface area contributed by atoms with Gasteiger partial charge in [-0.2, -0.15) is 0 Å². The van der Waals surface area contributed by atoms with E-state index in [0.717, 1.165) is 11.1 Å². The monoisotopic (exact) mass is 263 g/mol. The maximum absolute atomic E-state index is 11.8. The Hall–Kier alpha value is -1.88. The Bertz CT molecular complexity index is 486. The van der Waals surface area contributed by atoms with Crippen LogP contribution in [0.3, 0.4) is 0 Å². The van der Waals surface area contributed by atoms with Gasteiger partial charge < -0.3 is 14.7 Å². The molecule has 1 saturated heterocycles. The summed E-state index contributed by atoms with van der Waals surface area (Å²) in [5, 5.41) is 9.13. The van der Waals surface area contributed by atoms with Gasteiger partial charge in [0.05, 0.1) is 6.61 Å². The zero-order valence-electron chi connectivity index (χ0n) is 10.8. The van der Waals surface area contributed by atoms with E-state index in [4.69, 9.17) is 9.84 Å². The molecule has 0 aliphatic carbocycles. The Labute approximate surface area is 111 Å². The van der Waals surface area contributed by atoms with Gasteiger partial charge in [0.15, 0.2) is 0 Å². The van der Waals surface area contributed by atoms with E-state index >= 15 is 0 Å². The lowest BCUT2D eigenvalue weighted by Gasteiger charge is -2.23. The van der Waals surface area contributed by atoms with Crippen LogP contribution in [0, 0.1) is 0 Å². The van der Waals surface area contributed by atoms with Gasteiger partial charge in [-0.15, -0.1) is 0 Å². The van der Waals surface area contributed by atoms with E-state index in [-0.39, 0.29) is 5.91 Å². The molecule has 2 rings (SSSR count). The van der Waals surface area contributed by atoms with Gasteiger partial charge in [-0.25, -0.2) is 4.79 Å². The Balaban J connectivity index is 2.19. The largest absolute Gasteiger partial charge is 0.480 e. The molecular formula is C14H17NO4. The molecule has 102 valence electrons. The SMILES string of the molecule is COCc1ccccc1CN1C(=O)CCC1C(=O)O. The number of hydrogen-bond acceptors (Lipinski definition) is 3. The van der Waals surface area contributed by atoms with Crippen molar-refractivity contribution in [1.82, 2.24) is 4.90 Å². The van der Waals surface area contributed by atoms with Crippen LogP contribution in [0.5, 0.6) is 0 Å². The van der Waals surface area contributed by atoms with Gasteiger partial charge in [0, 0.05) is 20.1 Å². The van der Waals surface area contributed by atoms with Crippen LogP contribution >= 0.6 is 0 Å². The van der Waals surface area contributed by atoms with Gasteiger partial charge in [0.1, 0.15) is 6.04 Å². The molecule has 0 aromatic heterocycles. The minimum Gasteiger partial charge on any atom is -0.480 e. The summed E-state index contributed by atoms with van der Waals surface area (Å²) in [5.41, 5.74) is 1.92. The number of ether oxygens (including phenoxy) is 1. The second-order valence-corrected chi connectivity index (χ2v) is 4.62. The number of likely N-dealkylation sites (tertiary alicyclic amines) is 1. The van der Waals surface area contributed by atoms with Crippen molar-refractivity contribution in [3.05, 3.63) is 35.4 Å². The van der Waals surface area contributed by atoms with E-state index in [0.29, 0.717) is 26.0 Å². The maximum atomic E-state index is 11.8. The second kappa shape index (κ2) is 5.84. The second-order valence-electron chi connectivity index (χ2n) is 4.62. The molecule has 1 aromatic rings. The lowest BCUT2D eigenvalue weighted by Crippen LogP contribution is -2.38. The zero-order valence-corrected chi connectivity index (χ0v) is 10.8. The molecule has 1 heterocycles. The molecular weight excluding hydrogens is 246 g/mol. The van der Waals surface area contributed by atoms with Crippen molar-refractivity contribution in [1.29, 1.82) is 0 Å². The molecule has 1 atom stereocenters. The van der Waals surface area contributed by atoms with E-state index < -0.39 is 12.0 Å². The van der Waals surface area contributed by atoms with Crippen LogP contribution in [-0.4, -0.2) is 35.0 Å². The number of amides is 1. The number of aliphatic carboxylic acids is 1. The fourth-order valence-electron chi connectivity index (χ4n) is 2.38. The van der Waals surface area contributed by atoms with Gasteiger partial charge in [-0.05, 0) is 17.5 Å². The normalized spacial score (nSPS) is 18.9. The molecule has 1 fully saturated rings. The van der Waals surface area contributed by atoms with Crippen molar-refractivity contribution in [3.63, 3.8) is 0 Å². The molecule has 0 radical (unpaired) electrons. The molecule has 19 heavy (non-hydrogen) atoms. The van der Waals surface area contributed by atoms with Crippen LogP contribution in [0.25, 0.3) is 0 Å². The molecule has 1 aliphatic rings. The predicted octanol–water partition coefficient (Wildman–Crippen LogP) is 1.41. The topological polar surface area (TPSA) is 66.8 Å². The van der Waals surface area contributed by atoms with Crippen molar-refractivity contribution in [2.75, 3.05) is 7.11 Å². The van der Waals surface area contributed by atoms with Crippen molar-refractivity contribution in [2.24, 2.45) is 0 Å². The van der Waals surface area contributed by atoms with Crippen LogP contribution in [0.4, 0.5) is 0 Å². The number of hydrogen-bond donors (Lipinski definition) is 1. The molecule has 1 aliphatic heterocycles. The minimum atomic E-state index is -0.935. The van der Waals surface area contributed by atoms with Crippen molar-refractivity contribution in [3.8, 4) is 0 Å². The van der Waals surface area contributed by atoms with Gasteiger partial charge in [0.25, 0.3) is 0 Å². The number of carbonyl (C=O) groups excluding carboxylic acids is 1. The first-order valence-corrected chi connectivity index (χ1v) is 6.21. The summed E-state index contributed by atoms with van der Waals surface area (Å²) in [7, 11) is 1.61. The van der Waals surface area contributed by atoms with E-state index in [1.165, 1.54) is 4.90 Å². The summed E-state index contributed by atoms with van der Waals surface area (Å²) in [6, 6.07) is 6.90. The third kappa shape index (κ3) is 2.93. The first-order valence-electron chi connectivity index (χ1n) is 6.21. The van der Waals surface area contributed by atoms with E-state index in [1.54, 1.807) is 7.11 Å². The first kappa shape index (κ1) is 13.5.